The normalized spacial score (nSPS) is 15.7. The lowest BCUT2D eigenvalue weighted by Gasteiger charge is -2.12. The Hall–Kier alpha value is -2.23. The second-order valence-corrected chi connectivity index (χ2v) is 8.14. The number of nitrogens with zero attached hydrogens (tertiary/aromatic N) is 3. The van der Waals surface area contributed by atoms with Crippen molar-refractivity contribution in [3.8, 4) is 0 Å². The Morgan fingerprint density at radius 1 is 1.34 bits per heavy atom. The van der Waals surface area contributed by atoms with E-state index in [0.717, 1.165) is 12.0 Å². The van der Waals surface area contributed by atoms with Crippen molar-refractivity contribution in [2.75, 3.05) is 31.6 Å². The van der Waals surface area contributed by atoms with Gasteiger partial charge in [0.1, 0.15) is 15.8 Å². The highest BCUT2D eigenvalue weighted by Gasteiger charge is 2.31. The molecule has 0 spiro atoms. The van der Waals surface area contributed by atoms with E-state index in [1.807, 2.05) is 26.8 Å². The van der Waals surface area contributed by atoms with Crippen molar-refractivity contribution in [2.24, 2.45) is 0 Å². The van der Waals surface area contributed by atoms with E-state index < -0.39 is 0 Å². The first-order chi connectivity index (χ1) is 14.0. The Labute approximate surface area is 179 Å². The fraction of sp³-hybridized carbons (Fsp3) is 0.400. The molecule has 1 fully saturated rings. The van der Waals surface area contributed by atoms with Crippen molar-refractivity contribution in [3.05, 3.63) is 44.7 Å². The molecule has 154 valence electrons. The van der Waals surface area contributed by atoms with Gasteiger partial charge in [0.15, 0.2) is 0 Å². The number of fused-ring (bicyclic) bond motifs is 1. The van der Waals surface area contributed by atoms with Gasteiger partial charge < -0.3 is 10.1 Å². The number of thioether (sulfide) groups is 1. The van der Waals surface area contributed by atoms with Crippen molar-refractivity contribution in [1.82, 2.24) is 14.3 Å². The second kappa shape index (κ2) is 9.51. The summed E-state index contributed by atoms with van der Waals surface area (Å²) in [6.07, 6.45) is 4.06. The van der Waals surface area contributed by atoms with Crippen LogP contribution in [0.5, 0.6) is 0 Å². The van der Waals surface area contributed by atoms with Crippen LogP contribution in [0.4, 0.5) is 5.82 Å². The molecule has 3 heterocycles. The van der Waals surface area contributed by atoms with Crippen molar-refractivity contribution in [2.45, 2.75) is 27.2 Å². The van der Waals surface area contributed by atoms with E-state index in [1.165, 1.54) is 21.1 Å². The summed E-state index contributed by atoms with van der Waals surface area (Å²) in [5.74, 6) is 0.279. The predicted octanol–water partition coefficient (Wildman–Crippen LogP) is 3.06. The number of anilines is 1. The lowest BCUT2D eigenvalue weighted by Crippen LogP contribution is -2.27. The van der Waals surface area contributed by atoms with Crippen molar-refractivity contribution in [3.63, 3.8) is 0 Å². The highest BCUT2D eigenvalue weighted by atomic mass is 32.2. The number of likely N-dealkylation sites (N-methyl/N-ethyl adjacent to an activating group) is 1. The van der Waals surface area contributed by atoms with Crippen LogP contribution in [-0.2, 0) is 9.53 Å². The number of pyridine rings is 1. The number of aromatic nitrogens is 2. The number of thiocarbonyl (C=S) groups is 1. The van der Waals surface area contributed by atoms with E-state index in [2.05, 4.69) is 10.3 Å². The minimum atomic E-state index is -0.229. The van der Waals surface area contributed by atoms with Gasteiger partial charge in [-0.2, -0.15) is 0 Å². The van der Waals surface area contributed by atoms with Gasteiger partial charge in [-0.05, 0) is 44.9 Å². The topological polar surface area (TPSA) is 75.9 Å². The Morgan fingerprint density at radius 3 is 2.83 bits per heavy atom. The zero-order valence-electron chi connectivity index (χ0n) is 16.7. The maximum atomic E-state index is 13.2. The van der Waals surface area contributed by atoms with Gasteiger partial charge in [0.2, 0.25) is 0 Å². The third-order valence-electron chi connectivity index (χ3n) is 4.51. The molecule has 0 bridgehead atoms. The molecule has 1 amide bonds. The fourth-order valence-electron chi connectivity index (χ4n) is 3.01. The number of amides is 1. The van der Waals surface area contributed by atoms with Crippen LogP contribution < -0.4 is 10.9 Å². The molecule has 9 heteroatoms. The van der Waals surface area contributed by atoms with Gasteiger partial charge in [-0.3, -0.25) is 18.9 Å². The molecule has 0 atom stereocenters. The molecule has 0 radical (unpaired) electrons. The molecule has 2 aromatic heterocycles. The third kappa shape index (κ3) is 4.52. The quantitative estimate of drug-likeness (QED) is 0.390. The van der Waals surface area contributed by atoms with Crippen LogP contribution in [0.15, 0.2) is 28.0 Å². The van der Waals surface area contributed by atoms with Crippen LogP contribution in [0.1, 0.15) is 31.4 Å². The molecular formula is C20H24N4O3S2. The van der Waals surface area contributed by atoms with Gasteiger partial charge in [-0.15, -0.1) is 0 Å². The average molecular weight is 433 g/mol. The minimum Gasteiger partial charge on any atom is -0.382 e. The van der Waals surface area contributed by atoms with E-state index in [9.17, 15) is 9.59 Å². The first-order valence-electron chi connectivity index (χ1n) is 9.56. The smallest absolute Gasteiger partial charge is 0.267 e. The zero-order chi connectivity index (χ0) is 21.0. The standard InChI is InChI=1S/C20H24N4O3S2/c1-4-23-19(26)15(29-20(23)28)12-14-16(21-9-7-11-27-5-2)22-17-13(3)8-6-10-24(17)18(14)25/h6,8,10,12,21H,4-5,7,9,11H2,1-3H3/b15-12+. The van der Waals surface area contributed by atoms with E-state index >= 15 is 0 Å². The summed E-state index contributed by atoms with van der Waals surface area (Å²) in [7, 11) is 0. The van der Waals surface area contributed by atoms with Gasteiger partial charge in [0.05, 0.1) is 10.5 Å². The van der Waals surface area contributed by atoms with Gasteiger partial charge in [0, 0.05) is 32.5 Å². The molecule has 0 saturated carbocycles. The lowest BCUT2D eigenvalue weighted by molar-refractivity contribution is -0.121. The number of nitrogens with one attached hydrogen (secondary N) is 1. The monoisotopic (exact) mass is 432 g/mol. The molecule has 0 aliphatic carbocycles. The first kappa shape index (κ1) is 21.5. The number of carbonyl (C=O) groups excluding carboxylic acids is 1. The lowest BCUT2D eigenvalue weighted by atomic mass is 10.2. The van der Waals surface area contributed by atoms with Crippen molar-refractivity contribution < 1.29 is 9.53 Å². The van der Waals surface area contributed by atoms with E-state index in [4.69, 9.17) is 17.0 Å². The van der Waals surface area contributed by atoms with Crippen LogP contribution in [0.2, 0.25) is 0 Å². The van der Waals surface area contributed by atoms with E-state index in [0.29, 0.717) is 52.6 Å². The summed E-state index contributed by atoms with van der Waals surface area (Å²) < 4.78 is 7.37. The molecule has 29 heavy (non-hydrogen) atoms. The number of carbonyl (C=O) groups is 1. The maximum Gasteiger partial charge on any atom is 0.267 e. The molecule has 3 rings (SSSR count). The maximum absolute atomic E-state index is 13.2. The van der Waals surface area contributed by atoms with Crippen LogP contribution in [0.3, 0.4) is 0 Å². The van der Waals surface area contributed by atoms with E-state index in [-0.39, 0.29) is 11.5 Å². The second-order valence-electron chi connectivity index (χ2n) is 6.47. The molecule has 0 unspecified atom stereocenters. The first-order valence-corrected chi connectivity index (χ1v) is 10.8. The molecule has 1 aliphatic rings. The Balaban J connectivity index is 2.04. The fourth-order valence-corrected chi connectivity index (χ4v) is 4.37. The third-order valence-corrected chi connectivity index (χ3v) is 5.89. The van der Waals surface area contributed by atoms with Gasteiger partial charge in [-0.25, -0.2) is 4.98 Å². The van der Waals surface area contributed by atoms with Crippen LogP contribution in [0.25, 0.3) is 11.7 Å². The molecule has 1 N–H and O–H groups in total. The Bertz CT molecular complexity index is 1030. The van der Waals surface area contributed by atoms with Gasteiger partial charge >= 0.3 is 0 Å². The molecule has 1 saturated heterocycles. The minimum absolute atomic E-state index is 0.182. The van der Waals surface area contributed by atoms with Crippen molar-refractivity contribution >= 4 is 51.7 Å². The largest absolute Gasteiger partial charge is 0.382 e. The highest BCUT2D eigenvalue weighted by Crippen LogP contribution is 2.32. The van der Waals surface area contributed by atoms with Crippen LogP contribution in [-0.4, -0.2) is 50.8 Å². The number of ether oxygens (including phenoxy) is 1. The number of rotatable bonds is 8. The zero-order valence-corrected chi connectivity index (χ0v) is 18.4. The van der Waals surface area contributed by atoms with Crippen molar-refractivity contribution in [1.29, 1.82) is 0 Å². The number of hydrogen-bond acceptors (Lipinski definition) is 7. The van der Waals surface area contributed by atoms with Crippen LogP contribution >= 0.6 is 24.0 Å². The number of aryl methyl sites for hydroxylation is 1. The molecule has 0 aromatic carbocycles. The number of hydrogen-bond donors (Lipinski definition) is 1. The Kier molecular flexibility index (Phi) is 7.05. The Morgan fingerprint density at radius 2 is 2.14 bits per heavy atom. The summed E-state index contributed by atoms with van der Waals surface area (Å²) in [5.41, 5.74) is 1.60. The molecule has 1 aliphatic heterocycles. The molecule has 2 aromatic rings. The summed E-state index contributed by atoms with van der Waals surface area (Å²) >= 11 is 6.49. The van der Waals surface area contributed by atoms with Gasteiger partial charge in [0.25, 0.3) is 11.5 Å². The SMILES string of the molecule is CCOCCCNc1nc2c(C)cccn2c(=O)c1/C=C1/SC(=S)N(CC)C1=O. The van der Waals surface area contributed by atoms with Crippen LogP contribution in [0, 0.1) is 6.92 Å². The summed E-state index contributed by atoms with van der Waals surface area (Å²) in [6, 6.07) is 3.72. The average Bonchev–Trinajstić information content (AvgIpc) is 2.97. The molecule has 7 nitrogen and oxygen atoms in total. The molecular weight excluding hydrogens is 408 g/mol. The summed E-state index contributed by atoms with van der Waals surface area (Å²) in [5, 5.41) is 3.24. The highest BCUT2D eigenvalue weighted by molar-refractivity contribution is 8.26. The predicted molar refractivity (Wildman–Crippen MR) is 121 cm³/mol. The van der Waals surface area contributed by atoms with Gasteiger partial charge in [-0.1, -0.05) is 30.0 Å². The summed E-state index contributed by atoms with van der Waals surface area (Å²) in [4.78, 5) is 32.5. The summed E-state index contributed by atoms with van der Waals surface area (Å²) in [6.45, 7) is 8.12. The van der Waals surface area contributed by atoms with E-state index in [1.54, 1.807) is 18.3 Å².